The number of anilines is 3. The Hall–Kier alpha value is -1.72. The van der Waals surface area contributed by atoms with Crippen molar-refractivity contribution in [3.8, 4) is 11.3 Å². The number of nitrogens with zero attached hydrogens (tertiary/aromatic N) is 2. The van der Waals surface area contributed by atoms with Gasteiger partial charge in [-0.15, -0.1) is 0 Å². The maximum atomic E-state index is 5.99. The smallest absolute Gasteiger partial charge is 0.222 e. The second-order valence-corrected chi connectivity index (χ2v) is 4.61. The maximum absolute atomic E-state index is 5.99. The average molecular weight is 284 g/mol. The topological polar surface area (TPSA) is 104 Å². The molecule has 6 N–H and O–H groups in total. The lowest BCUT2D eigenvalue weighted by molar-refractivity contribution is 1.16. The third kappa shape index (κ3) is 2.14. The molecule has 0 saturated carbocycles. The summed E-state index contributed by atoms with van der Waals surface area (Å²) in [6.07, 6.45) is 0. The van der Waals surface area contributed by atoms with Crippen molar-refractivity contribution >= 4 is 40.7 Å². The van der Waals surface area contributed by atoms with Crippen molar-refractivity contribution in [1.82, 2.24) is 9.97 Å². The number of aromatic nitrogens is 2. The minimum atomic E-state index is 0.0946. The van der Waals surface area contributed by atoms with Gasteiger partial charge < -0.3 is 17.2 Å². The Bertz CT molecular complexity index is 604. The molecule has 0 aliphatic rings. The van der Waals surface area contributed by atoms with Crippen LogP contribution in [-0.2, 0) is 0 Å². The van der Waals surface area contributed by atoms with Crippen LogP contribution in [0.5, 0.6) is 0 Å². The summed E-state index contributed by atoms with van der Waals surface area (Å²) in [5, 5.41) is 0.709. The normalized spacial score (nSPS) is 10.6. The highest BCUT2D eigenvalue weighted by atomic mass is 35.5. The Morgan fingerprint density at radius 2 is 1.56 bits per heavy atom. The van der Waals surface area contributed by atoms with E-state index in [1.165, 1.54) is 0 Å². The largest absolute Gasteiger partial charge is 0.396 e. The summed E-state index contributed by atoms with van der Waals surface area (Å²) in [5.74, 6) is 0.415. The first kappa shape index (κ1) is 12.7. The van der Waals surface area contributed by atoms with Gasteiger partial charge in [0.25, 0.3) is 0 Å². The predicted molar refractivity (Wildman–Crippen MR) is 75.5 cm³/mol. The molecule has 0 radical (unpaired) electrons. The fraction of sp³-hybridized carbons (Fsp3) is 0.0909. The van der Waals surface area contributed by atoms with Crippen LogP contribution in [0.3, 0.4) is 0 Å². The number of nitrogens with two attached hydrogens (primary N) is 3. The SMILES string of the molecule is Cc1c(N)nc(N)nc1-c1cc(Cl)c(N)c(Cl)c1. The molecule has 0 fully saturated rings. The van der Waals surface area contributed by atoms with E-state index in [4.69, 9.17) is 40.4 Å². The second kappa shape index (κ2) is 4.51. The minimum absolute atomic E-state index is 0.0946. The Balaban J connectivity index is 2.69. The van der Waals surface area contributed by atoms with Crippen molar-refractivity contribution in [2.75, 3.05) is 17.2 Å². The molecule has 2 rings (SSSR count). The quantitative estimate of drug-likeness (QED) is 0.698. The standard InChI is InChI=1S/C11H11Cl2N5/c1-4-9(17-11(16)18-10(4)15)5-2-6(12)8(14)7(13)3-5/h2-3H,14H2,1H3,(H4,15,16,17,18). The van der Waals surface area contributed by atoms with Crippen LogP contribution in [0.15, 0.2) is 12.1 Å². The average Bonchev–Trinajstić information content (AvgIpc) is 2.30. The molecule has 0 atom stereocenters. The number of halogens is 2. The van der Waals surface area contributed by atoms with Crippen molar-refractivity contribution in [2.24, 2.45) is 0 Å². The zero-order valence-electron chi connectivity index (χ0n) is 9.54. The van der Waals surface area contributed by atoms with Gasteiger partial charge in [-0.25, -0.2) is 4.98 Å². The number of benzene rings is 1. The van der Waals surface area contributed by atoms with E-state index < -0.39 is 0 Å². The lowest BCUT2D eigenvalue weighted by atomic mass is 10.1. The van der Waals surface area contributed by atoms with Gasteiger partial charge in [0, 0.05) is 11.1 Å². The molecular formula is C11H11Cl2N5. The van der Waals surface area contributed by atoms with Gasteiger partial charge >= 0.3 is 0 Å². The molecule has 0 bridgehead atoms. The van der Waals surface area contributed by atoms with Gasteiger partial charge in [-0.1, -0.05) is 23.2 Å². The second-order valence-electron chi connectivity index (χ2n) is 3.79. The van der Waals surface area contributed by atoms with E-state index in [2.05, 4.69) is 9.97 Å². The van der Waals surface area contributed by atoms with E-state index >= 15 is 0 Å². The maximum Gasteiger partial charge on any atom is 0.222 e. The van der Waals surface area contributed by atoms with Crippen LogP contribution in [0.25, 0.3) is 11.3 Å². The first-order valence-electron chi connectivity index (χ1n) is 5.04. The van der Waals surface area contributed by atoms with Crippen molar-refractivity contribution < 1.29 is 0 Å². The first-order chi connectivity index (χ1) is 8.40. The molecule has 1 aromatic heterocycles. The monoisotopic (exact) mass is 283 g/mol. The first-order valence-corrected chi connectivity index (χ1v) is 5.80. The summed E-state index contributed by atoms with van der Waals surface area (Å²) in [5.41, 5.74) is 19.3. The fourth-order valence-corrected chi connectivity index (χ4v) is 2.04. The highest BCUT2D eigenvalue weighted by Gasteiger charge is 2.12. The van der Waals surface area contributed by atoms with Gasteiger partial charge in [0.1, 0.15) is 5.82 Å². The van der Waals surface area contributed by atoms with E-state index in [1.807, 2.05) is 0 Å². The van der Waals surface area contributed by atoms with Crippen LogP contribution in [0.2, 0.25) is 10.0 Å². The molecule has 1 aromatic carbocycles. The molecule has 0 spiro atoms. The van der Waals surface area contributed by atoms with Gasteiger partial charge in [-0.05, 0) is 19.1 Å². The van der Waals surface area contributed by atoms with Gasteiger partial charge in [-0.3, -0.25) is 0 Å². The van der Waals surface area contributed by atoms with Gasteiger partial charge in [0.2, 0.25) is 5.95 Å². The Morgan fingerprint density at radius 1 is 1.00 bits per heavy atom. The molecule has 0 aliphatic heterocycles. The Kier molecular flexibility index (Phi) is 3.19. The van der Waals surface area contributed by atoms with Gasteiger partial charge in [0.05, 0.1) is 21.4 Å². The Morgan fingerprint density at radius 3 is 2.11 bits per heavy atom. The summed E-state index contributed by atoms with van der Waals surface area (Å²) in [6.45, 7) is 1.79. The van der Waals surface area contributed by atoms with Crippen LogP contribution in [0.1, 0.15) is 5.56 Å². The molecule has 0 aliphatic carbocycles. The van der Waals surface area contributed by atoms with Crippen LogP contribution in [-0.4, -0.2) is 9.97 Å². The highest BCUT2D eigenvalue weighted by molar-refractivity contribution is 6.39. The van der Waals surface area contributed by atoms with Crippen molar-refractivity contribution in [1.29, 1.82) is 0 Å². The zero-order valence-corrected chi connectivity index (χ0v) is 11.0. The van der Waals surface area contributed by atoms with Crippen molar-refractivity contribution in [3.05, 3.63) is 27.7 Å². The van der Waals surface area contributed by atoms with E-state index in [0.717, 1.165) is 0 Å². The lowest BCUT2D eigenvalue weighted by Gasteiger charge is -2.10. The summed E-state index contributed by atoms with van der Waals surface area (Å²) in [6, 6.07) is 3.33. The molecule has 18 heavy (non-hydrogen) atoms. The molecular weight excluding hydrogens is 273 g/mol. The predicted octanol–water partition coefficient (Wildman–Crippen LogP) is 2.51. The van der Waals surface area contributed by atoms with Crippen molar-refractivity contribution in [3.63, 3.8) is 0 Å². The molecule has 5 nitrogen and oxygen atoms in total. The molecule has 7 heteroatoms. The van der Waals surface area contributed by atoms with E-state index in [-0.39, 0.29) is 5.95 Å². The number of hydrogen-bond donors (Lipinski definition) is 3. The Labute approximate surface area is 114 Å². The highest BCUT2D eigenvalue weighted by Crippen LogP contribution is 2.34. The zero-order chi connectivity index (χ0) is 13.4. The summed E-state index contributed by atoms with van der Waals surface area (Å²) >= 11 is 12.0. The summed E-state index contributed by atoms with van der Waals surface area (Å²) in [4.78, 5) is 8.02. The number of nitrogen functional groups attached to an aromatic ring is 3. The third-order valence-electron chi connectivity index (χ3n) is 2.55. The number of rotatable bonds is 1. The third-order valence-corrected chi connectivity index (χ3v) is 3.18. The molecule has 0 saturated heterocycles. The van der Waals surface area contributed by atoms with Crippen LogP contribution < -0.4 is 17.2 Å². The molecule has 1 heterocycles. The molecule has 0 amide bonds. The lowest BCUT2D eigenvalue weighted by Crippen LogP contribution is -2.04. The molecule has 94 valence electrons. The van der Waals surface area contributed by atoms with Crippen molar-refractivity contribution in [2.45, 2.75) is 6.92 Å². The summed E-state index contributed by atoms with van der Waals surface area (Å²) in [7, 11) is 0. The van der Waals surface area contributed by atoms with Gasteiger partial charge in [0.15, 0.2) is 0 Å². The van der Waals surface area contributed by atoms with E-state index in [9.17, 15) is 0 Å². The fourth-order valence-electron chi connectivity index (χ4n) is 1.55. The van der Waals surface area contributed by atoms with Gasteiger partial charge in [-0.2, -0.15) is 4.98 Å². The number of hydrogen-bond acceptors (Lipinski definition) is 5. The molecule has 0 unspecified atom stereocenters. The van der Waals surface area contributed by atoms with Crippen LogP contribution in [0, 0.1) is 6.92 Å². The minimum Gasteiger partial charge on any atom is -0.396 e. The summed E-state index contributed by atoms with van der Waals surface area (Å²) < 4.78 is 0. The van der Waals surface area contributed by atoms with E-state index in [0.29, 0.717) is 38.4 Å². The van der Waals surface area contributed by atoms with E-state index in [1.54, 1.807) is 19.1 Å². The van der Waals surface area contributed by atoms with Crippen LogP contribution >= 0.6 is 23.2 Å². The van der Waals surface area contributed by atoms with Crippen LogP contribution in [0.4, 0.5) is 17.5 Å². The molecule has 2 aromatic rings.